The number of aromatic nitrogens is 3. The van der Waals surface area contributed by atoms with Crippen LogP contribution in [0.3, 0.4) is 0 Å². The molecule has 0 atom stereocenters. The molecule has 7 nitrogen and oxygen atoms in total. The van der Waals surface area contributed by atoms with Crippen LogP contribution in [0.25, 0.3) is 10.2 Å². The Morgan fingerprint density at radius 3 is 2.59 bits per heavy atom. The van der Waals surface area contributed by atoms with E-state index < -0.39 is 0 Å². The van der Waals surface area contributed by atoms with E-state index in [1.165, 1.54) is 11.3 Å². The zero-order valence-corrected chi connectivity index (χ0v) is 18.6. The summed E-state index contributed by atoms with van der Waals surface area (Å²) in [6.45, 7) is 12.2. The van der Waals surface area contributed by atoms with E-state index in [1.807, 2.05) is 42.8 Å². The number of nitrogens with zero attached hydrogens (tertiary/aromatic N) is 5. The molecule has 0 N–H and O–H groups in total. The Labute approximate surface area is 175 Å². The molecule has 0 aliphatic carbocycles. The number of carbonyl (C=O) groups is 1. The molecule has 0 aliphatic rings. The number of benzene rings is 1. The van der Waals surface area contributed by atoms with Gasteiger partial charge in [-0.25, -0.2) is 4.98 Å². The lowest BCUT2D eigenvalue weighted by Gasteiger charge is -2.24. The molecule has 1 amide bonds. The minimum atomic E-state index is -0.120. The largest absolute Gasteiger partial charge is 0.494 e. The second-order valence-electron chi connectivity index (χ2n) is 6.77. The van der Waals surface area contributed by atoms with Crippen LogP contribution >= 0.6 is 11.3 Å². The van der Waals surface area contributed by atoms with Crippen LogP contribution < -0.4 is 9.64 Å². The number of fused-ring (bicyclic) bond motifs is 1. The van der Waals surface area contributed by atoms with Crippen LogP contribution in [0.1, 0.15) is 37.0 Å². The van der Waals surface area contributed by atoms with Crippen LogP contribution in [0.5, 0.6) is 5.75 Å². The molecule has 8 heteroatoms. The van der Waals surface area contributed by atoms with E-state index >= 15 is 0 Å². The summed E-state index contributed by atoms with van der Waals surface area (Å²) in [6, 6.07) is 7.68. The first-order chi connectivity index (χ1) is 14.0. The van der Waals surface area contributed by atoms with E-state index in [-0.39, 0.29) is 5.91 Å². The van der Waals surface area contributed by atoms with Gasteiger partial charge < -0.3 is 9.64 Å². The van der Waals surface area contributed by atoms with Crippen LogP contribution in [-0.4, -0.2) is 58.9 Å². The topological polar surface area (TPSA) is 63.5 Å². The van der Waals surface area contributed by atoms with Gasteiger partial charge in [-0.1, -0.05) is 31.3 Å². The van der Waals surface area contributed by atoms with E-state index in [9.17, 15) is 4.79 Å². The number of thiazole rings is 1. The average Bonchev–Trinajstić information content (AvgIpc) is 3.33. The monoisotopic (exact) mass is 415 g/mol. The molecule has 0 saturated heterocycles. The summed E-state index contributed by atoms with van der Waals surface area (Å²) in [7, 11) is 1.64. The van der Waals surface area contributed by atoms with Crippen LogP contribution in [0.15, 0.2) is 24.3 Å². The molecule has 0 saturated carbocycles. The number of anilines is 1. The lowest BCUT2D eigenvalue weighted by atomic mass is 10.3. The maximum Gasteiger partial charge on any atom is 0.280 e. The van der Waals surface area contributed by atoms with Gasteiger partial charge in [-0.05, 0) is 45.1 Å². The number of methoxy groups -OCH3 is 1. The first-order valence-corrected chi connectivity index (χ1v) is 10.9. The van der Waals surface area contributed by atoms with Gasteiger partial charge in [0.05, 0.1) is 11.8 Å². The highest BCUT2D eigenvalue weighted by Crippen LogP contribution is 2.34. The molecule has 156 valence electrons. The van der Waals surface area contributed by atoms with Gasteiger partial charge in [-0.15, -0.1) is 0 Å². The van der Waals surface area contributed by atoms with Crippen molar-refractivity contribution in [3.05, 3.63) is 35.7 Å². The predicted octanol–water partition coefficient (Wildman–Crippen LogP) is 3.82. The first kappa shape index (κ1) is 21.3. The van der Waals surface area contributed by atoms with Crippen molar-refractivity contribution >= 4 is 32.6 Å². The summed E-state index contributed by atoms with van der Waals surface area (Å²) in [6.07, 6.45) is 0. The molecular weight excluding hydrogens is 386 g/mol. The first-order valence-electron chi connectivity index (χ1n) is 10.0. The number of amides is 1. The molecule has 0 aliphatic heterocycles. The third kappa shape index (κ3) is 4.43. The summed E-state index contributed by atoms with van der Waals surface area (Å²) in [5.74, 6) is 0.595. The lowest BCUT2D eigenvalue weighted by Crippen LogP contribution is -2.39. The van der Waals surface area contributed by atoms with Crippen molar-refractivity contribution in [3.63, 3.8) is 0 Å². The summed E-state index contributed by atoms with van der Waals surface area (Å²) < 4.78 is 8.29. The molecule has 0 radical (unpaired) electrons. The van der Waals surface area contributed by atoms with Gasteiger partial charge in [0.25, 0.3) is 5.91 Å². The standard InChI is InChI=1S/C21H29N5O2S/c1-6-24(7-2)12-13-25(20(27)16-14-15(4)26(8-3)23-16)21-22-19-17(28-5)10-9-11-18(19)29-21/h9-11,14H,6-8,12-13H2,1-5H3. The fraction of sp³-hybridized carbons (Fsp3) is 0.476. The Morgan fingerprint density at radius 2 is 1.97 bits per heavy atom. The molecule has 0 unspecified atom stereocenters. The van der Waals surface area contributed by atoms with Crippen molar-refractivity contribution < 1.29 is 9.53 Å². The van der Waals surface area contributed by atoms with Crippen molar-refractivity contribution in [2.24, 2.45) is 0 Å². The minimum absolute atomic E-state index is 0.120. The van der Waals surface area contributed by atoms with Crippen LogP contribution in [0, 0.1) is 6.92 Å². The van der Waals surface area contributed by atoms with Crippen molar-refractivity contribution in [3.8, 4) is 5.75 Å². The Hall–Kier alpha value is -2.45. The Morgan fingerprint density at radius 1 is 1.21 bits per heavy atom. The highest BCUT2D eigenvalue weighted by Gasteiger charge is 2.25. The third-order valence-corrected chi connectivity index (χ3v) is 6.14. The zero-order valence-electron chi connectivity index (χ0n) is 17.8. The molecule has 2 aromatic heterocycles. The summed E-state index contributed by atoms with van der Waals surface area (Å²) in [5, 5.41) is 5.17. The van der Waals surface area contributed by atoms with Gasteiger partial charge in [0.15, 0.2) is 10.8 Å². The zero-order chi connectivity index (χ0) is 21.0. The normalized spacial score (nSPS) is 11.4. The van der Waals surface area contributed by atoms with Crippen molar-refractivity contribution in [1.82, 2.24) is 19.7 Å². The molecule has 0 fully saturated rings. The molecule has 29 heavy (non-hydrogen) atoms. The maximum absolute atomic E-state index is 13.4. The van der Waals surface area contributed by atoms with E-state index in [0.29, 0.717) is 23.1 Å². The van der Waals surface area contributed by atoms with Crippen molar-refractivity contribution in [2.75, 3.05) is 38.2 Å². The summed E-state index contributed by atoms with van der Waals surface area (Å²) in [5.41, 5.74) is 2.21. The number of hydrogen-bond acceptors (Lipinski definition) is 6. The fourth-order valence-electron chi connectivity index (χ4n) is 3.33. The SMILES string of the molecule is CCN(CC)CCN(C(=O)c1cc(C)n(CC)n1)c1nc2c(OC)cccc2s1. The van der Waals surface area contributed by atoms with E-state index in [1.54, 1.807) is 12.0 Å². The number of hydrogen-bond donors (Lipinski definition) is 0. The fourth-order valence-corrected chi connectivity index (χ4v) is 4.34. The average molecular weight is 416 g/mol. The van der Waals surface area contributed by atoms with Gasteiger partial charge in [0.2, 0.25) is 0 Å². The molecule has 0 bridgehead atoms. The minimum Gasteiger partial charge on any atom is -0.494 e. The Balaban J connectivity index is 1.99. The van der Waals surface area contributed by atoms with Gasteiger partial charge in [0.1, 0.15) is 11.3 Å². The van der Waals surface area contributed by atoms with Crippen molar-refractivity contribution in [2.45, 2.75) is 34.2 Å². The maximum atomic E-state index is 13.4. The van der Waals surface area contributed by atoms with Crippen LogP contribution in [-0.2, 0) is 6.54 Å². The second-order valence-corrected chi connectivity index (χ2v) is 7.78. The predicted molar refractivity (Wildman–Crippen MR) is 118 cm³/mol. The Kier molecular flexibility index (Phi) is 6.87. The molecule has 0 spiro atoms. The van der Waals surface area contributed by atoms with Gasteiger partial charge >= 0.3 is 0 Å². The quantitative estimate of drug-likeness (QED) is 0.532. The number of likely N-dealkylation sites (N-methyl/N-ethyl adjacent to an activating group) is 1. The molecule has 3 rings (SSSR count). The number of para-hydroxylation sites is 1. The van der Waals surface area contributed by atoms with Crippen LogP contribution in [0.4, 0.5) is 5.13 Å². The molecule has 2 heterocycles. The van der Waals surface area contributed by atoms with Gasteiger partial charge in [-0.2, -0.15) is 5.10 Å². The van der Waals surface area contributed by atoms with Crippen LogP contribution in [0.2, 0.25) is 0 Å². The van der Waals surface area contributed by atoms with Gasteiger partial charge in [0, 0.05) is 25.3 Å². The molecule has 3 aromatic rings. The highest BCUT2D eigenvalue weighted by molar-refractivity contribution is 7.22. The van der Waals surface area contributed by atoms with E-state index in [4.69, 9.17) is 9.72 Å². The second kappa shape index (κ2) is 9.37. The number of aryl methyl sites for hydroxylation is 2. The third-order valence-electron chi connectivity index (χ3n) is 5.10. The summed E-state index contributed by atoms with van der Waals surface area (Å²) in [4.78, 5) is 22.2. The lowest BCUT2D eigenvalue weighted by molar-refractivity contribution is 0.0978. The number of rotatable bonds is 9. The number of ether oxygens (including phenoxy) is 1. The highest BCUT2D eigenvalue weighted by atomic mass is 32.1. The molecule has 1 aromatic carbocycles. The summed E-state index contributed by atoms with van der Waals surface area (Å²) >= 11 is 1.50. The Bertz CT molecular complexity index is 977. The van der Waals surface area contributed by atoms with Crippen molar-refractivity contribution in [1.29, 1.82) is 0 Å². The molecular formula is C21H29N5O2S. The smallest absolute Gasteiger partial charge is 0.280 e. The van der Waals surface area contributed by atoms with E-state index in [0.717, 1.165) is 42.1 Å². The van der Waals surface area contributed by atoms with E-state index in [2.05, 4.69) is 23.8 Å². The van der Waals surface area contributed by atoms with Gasteiger partial charge in [-0.3, -0.25) is 14.4 Å². The number of carbonyl (C=O) groups excluding carboxylic acids is 1.